The van der Waals surface area contributed by atoms with Gasteiger partial charge in [-0.05, 0) is 38.5 Å². The van der Waals surface area contributed by atoms with Crippen molar-refractivity contribution < 1.29 is 4.39 Å². The molecule has 0 aliphatic carbocycles. The van der Waals surface area contributed by atoms with Gasteiger partial charge in [-0.3, -0.25) is 4.68 Å². The van der Waals surface area contributed by atoms with Crippen LogP contribution in [0.1, 0.15) is 25.6 Å². The molecule has 0 bridgehead atoms. The SMILES string of the molecule is Cc1nn(C(C)C)cc1-c1ccc(N)c(F)c1. The highest BCUT2D eigenvalue weighted by Crippen LogP contribution is 2.26. The Hall–Kier alpha value is -1.84. The van der Waals surface area contributed by atoms with Gasteiger partial charge in [0.15, 0.2) is 0 Å². The molecule has 0 fully saturated rings. The van der Waals surface area contributed by atoms with E-state index in [-0.39, 0.29) is 11.5 Å². The Morgan fingerprint density at radius 2 is 2.06 bits per heavy atom. The smallest absolute Gasteiger partial charge is 0.146 e. The summed E-state index contributed by atoms with van der Waals surface area (Å²) in [6.07, 6.45) is 1.94. The number of hydrogen-bond acceptors (Lipinski definition) is 2. The number of benzene rings is 1. The minimum absolute atomic E-state index is 0.169. The van der Waals surface area contributed by atoms with Gasteiger partial charge in [0.2, 0.25) is 0 Å². The van der Waals surface area contributed by atoms with Gasteiger partial charge in [-0.15, -0.1) is 0 Å². The van der Waals surface area contributed by atoms with Crippen LogP contribution in [0.15, 0.2) is 24.4 Å². The molecule has 1 aromatic carbocycles. The summed E-state index contributed by atoms with van der Waals surface area (Å²) < 4.78 is 15.3. The quantitative estimate of drug-likeness (QED) is 0.810. The molecule has 0 radical (unpaired) electrons. The van der Waals surface area contributed by atoms with Crippen LogP contribution in [0.4, 0.5) is 10.1 Å². The van der Waals surface area contributed by atoms with Crippen molar-refractivity contribution in [1.29, 1.82) is 0 Å². The van der Waals surface area contributed by atoms with Crippen LogP contribution in [0.3, 0.4) is 0 Å². The molecule has 0 saturated heterocycles. The van der Waals surface area contributed by atoms with Gasteiger partial charge in [0.1, 0.15) is 5.82 Å². The summed E-state index contributed by atoms with van der Waals surface area (Å²) in [5.74, 6) is -0.390. The van der Waals surface area contributed by atoms with Crippen molar-refractivity contribution >= 4 is 5.69 Å². The molecular formula is C13H16FN3. The lowest BCUT2D eigenvalue weighted by molar-refractivity contribution is 0.529. The van der Waals surface area contributed by atoms with Crippen molar-refractivity contribution in [2.75, 3.05) is 5.73 Å². The molecule has 0 saturated carbocycles. The minimum atomic E-state index is -0.390. The number of aromatic nitrogens is 2. The number of aryl methyl sites for hydroxylation is 1. The second-order valence-electron chi connectivity index (χ2n) is 4.44. The Bertz CT molecular complexity index is 544. The molecule has 2 aromatic rings. The zero-order valence-electron chi connectivity index (χ0n) is 10.2. The summed E-state index contributed by atoms with van der Waals surface area (Å²) >= 11 is 0. The fourth-order valence-electron chi connectivity index (χ4n) is 1.72. The number of rotatable bonds is 2. The number of nitrogen functional groups attached to an aromatic ring is 1. The third-order valence-electron chi connectivity index (χ3n) is 2.76. The Balaban J connectivity index is 2.49. The fourth-order valence-corrected chi connectivity index (χ4v) is 1.72. The highest BCUT2D eigenvalue weighted by molar-refractivity contribution is 5.67. The van der Waals surface area contributed by atoms with Crippen LogP contribution in [0, 0.1) is 12.7 Å². The Kier molecular flexibility index (Phi) is 2.88. The second kappa shape index (κ2) is 4.20. The van der Waals surface area contributed by atoms with E-state index >= 15 is 0 Å². The van der Waals surface area contributed by atoms with E-state index in [0.717, 1.165) is 16.8 Å². The number of hydrogen-bond donors (Lipinski definition) is 1. The lowest BCUT2D eigenvalue weighted by Crippen LogP contribution is -2.00. The van der Waals surface area contributed by atoms with Gasteiger partial charge in [-0.1, -0.05) is 6.07 Å². The number of anilines is 1. The van der Waals surface area contributed by atoms with E-state index in [2.05, 4.69) is 18.9 Å². The first-order valence-corrected chi connectivity index (χ1v) is 5.60. The average Bonchev–Trinajstić information content (AvgIpc) is 2.65. The molecule has 0 unspecified atom stereocenters. The number of halogens is 1. The molecule has 4 heteroatoms. The molecule has 0 atom stereocenters. The lowest BCUT2D eigenvalue weighted by Gasteiger charge is -2.03. The second-order valence-corrected chi connectivity index (χ2v) is 4.44. The van der Waals surface area contributed by atoms with Gasteiger partial charge in [-0.25, -0.2) is 4.39 Å². The van der Waals surface area contributed by atoms with Crippen LogP contribution >= 0.6 is 0 Å². The van der Waals surface area contributed by atoms with Crippen LogP contribution in [-0.4, -0.2) is 9.78 Å². The van der Waals surface area contributed by atoms with Crippen molar-refractivity contribution in [3.63, 3.8) is 0 Å². The number of nitrogens with two attached hydrogens (primary N) is 1. The maximum atomic E-state index is 13.4. The monoisotopic (exact) mass is 233 g/mol. The largest absolute Gasteiger partial charge is 0.396 e. The molecule has 2 rings (SSSR count). The van der Waals surface area contributed by atoms with Gasteiger partial charge >= 0.3 is 0 Å². The molecule has 0 amide bonds. The maximum Gasteiger partial charge on any atom is 0.146 e. The third-order valence-corrected chi connectivity index (χ3v) is 2.76. The first-order chi connectivity index (χ1) is 7.99. The highest BCUT2D eigenvalue weighted by Gasteiger charge is 2.10. The first kappa shape index (κ1) is 11.6. The summed E-state index contributed by atoms with van der Waals surface area (Å²) in [6, 6.07) is 5.13. The Morgan fingerprint density at radius 1 is 1.35 bits per heavy atom. The molecule has 2 N–H and O–H groups in total. The predicted molar refractivity (Wildman–Crippen MR) is 67.2 cm³/mol. The molecule has 0 spiro atoms. The van der Waals surface area contributed by atoms with E-state index in [1.165, 1.54) is 6.07 Å². The molecule has 0 aliphatic rings. The van der Waals surface area contributed by atoms with Crippen molar-refractivity contribution in [2.45, 2.75) is 26.8 Å². The fraction of sp³-hybridized carbons (Fsp3) is 0.308. The molecule has 3 nitrogen and oxygen atoms in total. The zero-order valence-corrected chi connectivity index (χ0v) is 10.2. The summed E-state index contributed by atoms with van der Waals surface area (Å²) in [4.78, 5) is 0. The molecule has 1 aromatic heterocycles. The van der Waals surface area contributed by atoms with E-state index < -0.39 is 0 Å². The molecule has 1 heterocycles. The average molecular weight is 233 g/mol. The van der Waals surface area contributed by atoms with E-state index in [4.69, 9.17) is 5.73 Å². The van der Waals surface area contributed by atoms with Gasteiger partial charge in [0, 0.05) is 17.8 Å². The maximum absolute atomic E-state index is 13.4. The van der Waals surface area contributed by atoms with Gasteiger partial charge in [-0.2, -0.15) is 5.10 Å². The summed E-state index contributed by atoms with van der Waals surface area (Å²) in [5, 5.41) is 4.40. The Labute approximate surface area is 100 Å². The van der Waals surface area contributed by atoms with E-state index in [0.29, 0.717) is 6.04 Å². The highest BCUT2D eigenvalue weighted by atomic mass is 19.1. The summed E-state index contributed by atoms with van der Waals surface area (Å²) in [5.41, 5.74) is 8.27. The standard InChI is InChI=1S/C13H16FN3/c1-8(2)17-7-11(9(3)16-17)10-4-5-13(15)12(14)6-10/h4-8H,15H2,1-3H3. The van der Waals surface area contributed by atoms with Crippen LogP contribution in [0.2, 0.25) is 0 Å². The summed E-state index contributed by atoms with van der Waals surface area (Å²) in [7, 11) is 0. The number of nitrogens with zero attached hydrogens (tertiary/aromatic N) is 2. The van der Waals surface area contributed by atoms with Crippen LogP contribution in [0.25, 0.3) is 11.1 Å². The van der Waals surface area contributed by atoms with Gasteiger partial charge in [0.05, 0.1) is 11.4 Å². The molecule has 0 aliphatic heterocycles. The van der Waals surface area contributed by atoms with E-state index in [1.807, 2.05) is 23.9 Å². The van der Waals surface area contributed by atoms with Crippen LogP contribution in [-0.2, 0) is 0 Å². The van der Waals surface area contributed by atoms with E-state index in [1.54, 1.807) is 6.07 Å². The van der Waals surface area contributed by atoms with Gasteiger partial charge < -0.3 is 5.73 Å². The molecule has 17 heavy (non-hydrogen) atoms. The third kappa shape index (κ3) is 2.16. The van der Waals surface area contributed by atoms with E-state index in [9.17, 15) is 4.39 Å². The topological polar surface area (TPSA) is 43.8 Å². The predicted octanol–water partition coefficient (Wildman–Crippen LogP) is 3.16. The van der Waals surface area contributed by atoms with Crippen molar-refractivity contribution in [3.8, 4) is 11.1 Å². The zero-order chi connectivity index (χ0) is 12.6. The Morgan fingerprint density at radius 3 is 2.59 bits per heavy atom. The van der Waals surface area contributed by atoms with Crippen LogP contribution < -0.4 is 5.73 Å². The summed E-state index contributed by atoms with van der Waals surface area (Å²) in [6.45, 7) is 6.03. The van der Waals surface area contributed by atoms with Crippen molar-refractivity contribution in [2.24, 2.45) is 0 Å². The first-order valence-electron chi connectivity index (χ1n) is 5.60. The molecular weight excluding hydrogens is 217 g/mol. The van der Waals surface area contributed by atoms with Gasteiger partial charge in [0.25, 0.3) is 0 Å². The molecule has 90 valence electrons. The minimum Gasteiger partial charge on any atom is -0.396 e. The lowest BCUT2D eigenvalue weighted by atomic mass is 10.1. The van der Waals surface area contributed by atoms with Crippen molar-refractivity contribution in [1.82, 2.24) is 9.78 Å². The van der Waals surface area contributed by atoms with Crippen molar-refractivity contribution in [3.05, 3.63) is 35.9 Å². The van der Waals surface area contributed by atoms with Crippen LogP contribution in [0.5, 0.6) is 0 Å². The normalized spacial score (nSPS) is 11.1.